The Bertz CT molecular complexity index is 1390. The number of aromatic nitrogens is 2. The van der Waals surface area contributed by atoms with E-state index < -0.39 is 6.04 Å². The number of nitrogens with zero attached hydrogens (tertiary/aromatic N) is 3. The highest BCUT2D eigenvalue weighted by molar-refractivity contribution is 6.01. The van der Waals surface area contributed by atoms with Gasteiger partial charge in [-0.1, -0.05) is 54.5 Å². The first-order valence-corrected chi connectivity index (χ1v) is 12.1. The van der Waals surface area contributed by atoms with E-state index in [1.807, 2.05) is 86.6 Å². The smallest absolute Gasteiger partial charge is 0.326 e. The minimum atomic E-state index is -0.432. The second kappa shape index (κ2) is 10.1. The van der Waals surface area contributed by atoms with Crippen molar-refractivity contribution in [1.29, 1.82) is 0 Å². The number of urea groups is 1. The average molecular weight is 481 g/mol. The molecule has 1 aliphatic heterocycles. The van der Waals surface area contributed by atoms with Gasteiger partial charge in [0.25, 0.3) is 5.89 Å². The highest BCUT2D eigenvalue weighted by Crippen LogP contribution is 2.39. The zero-order chi connectivity index (χ0) is 25.1. The number of carbonyl (C=O) groups is 1. The maximum atomic E-state index is 13.4. The summed E-state index contributed by atoms with van der Waals surface area (Å²) in [5, 5.41) is 7.40. The third kappa shape index (κ3) is 4.47. The SMILES string of the molecule is CCOc1ccc(-c2noc(C3=C(C)N(c4cccc(CC)c4)C(=O)NC3c3ccccc3)n2)cc1. The molecule has 36 heavy (non-hydrogen) atoms. The van der Waals surface area contributed by atoms with Crippen LogP contribution in [0.2, 0.25) is 0 Å². The molecule has 5 rings (SSSR count). The molecular weight excluding hydrogens is 452 g/mol. The molecule has 0 saturated heterocycles. The van der Waals surface area contributed by atoms with Gasteiger partial charge in [0.15, 0.2) is 0 Å². The molecule has 1 unspecified atom stereocenters. The second-order valence-electron chi connectivity index (χ2n) is 8.53. The van der Waals surface area contributed by atoms with Crippen LogP contribution < -0.4 is 15.0 Å². The monoisotopic (exact) mass is 480 g/mol. The number of aryl methyl sites for hydroxylation is 1. The predicted molar refractivity (Wildman–Crippen MR) is 140 cm³/mol. The number of benzene rings is 3. The Morgan fingerprint density at radius 1 is 1.00 bits per heavy atom. The van der Waals surface area contributed by atoms with Crippen LogP contribution in [-0.2, 0) is 6.42 Å². The lowest BCUT2D eigenvalue weighted by Crippen LogP contribution is -2.46. The van der Waals surface area contributed by atoms with E-state index in [4.69, 9.17) is 14.2 Å². The molecule has 0 bridgehead atoms. The number of carbonyl (C=O) groups excluding carboxylic acids is 1. The van der Waals surface area contributed by atoms with Crippen molar-refractivity contribution >= 4 is 17.3 Å². The molecule has 1 aliphatic rings. The molecule has 0 saturated carbocycles. The van der Waals surface area contributed by atoms with Crippen LogP contribution in [0, 0.1) is 0 Å². The first kappa shape index (κ1) is 23.4. The fraction of sp³-hybridized carbons (Fsp3) is 0.207. The number of anilines is 1. The molecule has 1 atom stereocenters. The van der Waals surface area contributed by atoms with Crippen molar-refractivity contribution in [3.05, 3.63) is 102 Å². The van der Waals surface area contributed by atoms with E-state index in [1.165, 1.54) is 0 Å². The van der Waals surface area contributed by atoms with Crippen LogP contribution in [0.1, 0.15) is 43.8 Å². The standard InChI is InChI=1S/C29H28N4O3/c1-4-20-10-9-13-23(18-20)33-19(3)25(26(30-29(33)34)21-11-7-6-8-12-21)28-31-27(32-36-28)22-14-16-24(17-15-22)35-5-2/h6-18,26H,4-5H2,1-3H3,(H,30,34). The molecular formula is C29H28N4O3. The van der Waals surface area contributed by atoms with Crippen LogP contribution in [0.5, 0.6) is 5.75 Å². The van der Waals surface area contributed by atoms with Gasteiger partial charge in [0.05, 0.1) is 23.9 Å². The van der Waals surface area contributed by atoms with E-state index in [-0.39, 0.29) is 6.03 Å². The zero-order valence-corrected chi connectivity index (χ0v) is 20.6. The molecule has 4 aromatic rings. The van der Waals surface area contributed by atoms with Crippen molar-refractivity contribution in [3.63, 3.8) is 0 Å². The zero-order valence-electron chi connectivity index (χ0n) is 20.6. The summed E-state index contributed by atoms with van der Waals surface area (Å²) in [5.41, 5.74) is 5.18. The van der Waals surface area contributed by atoms with E-state index in [1.54, 1.807) is 4.90 Å². The number of hydrogen-bond donors (Lipinski definition) is 1. The highest BCUT2D eigenvalue weighted by Gasteiger charge is 2.36. The van der Waals surface area contributed by atoms with Crippen molar-refractivity contribution in [3.8, 4) is 17.1 Å². The number of ether oxygens (including phenoxy) is 1. The summed E-state index contributed by atoms with van der Waals surface area (Å²) < 4.78 is 11.3. The molecule has 7 nitrogen and oxygen atoms in total. The summed E-state index contributed by atoms with van der Waals surface area (Å²) in [7, 11) is 0. The number of allylic oxidation sites excluding steroid dienone is 1. The lowest BCUT2D eigenvalue weighted by Gasteiger charge is -2.35. The molecule has 0 aliphatic carbocycles. The number of nitrogens with one attached hydrogen (secondary N) is 1. The molecule has 2 heterocycles. The molecule has 3 aromatic carbocycles. The Balaban J connectivity index is 1.60. The van der Waals surface area contributed by atoms with Crippen molar-refractivity contribution in [2.24, 2.45) is 0 Å². The quantitative estimate of drug-likeness (QED) is 0.331. The summed E-state index contributed by atoms with van der Waals surface area (Å²) >= 11 is 0. The second-order valence-corrected chi connectivity index (χ2v) is 8.53. The van der Waals surface area contributed by atoms with Crippen molar-refractivity contribution < 1.29 is 14.1 Å². The van der Waals surface area contributed by atoms with Gasteiger partial charge in [0, 0.05) is 11.3 Å². The molecule has 182 valence electrons. The fourth-order valence-electron chi connectivity index (χ4n) is 4.46. The van der Waals surface area contributed by atoms with E-state index in [2.05, 4.69) is 23.5 Å². The van der Waals surface area contributed by atoms with Gasteiger partial charge in [0.2, 0.25) is 5.82 Å². The highest BCUT2D eigenvalue weighted by atomic mass is 16.5. The van der Waals surface area contributed by atoms with Gasteiger partial charge in [-0.3, -0.25) is 4.90 Å². The molecule has 7 heteroatoms. The first-order chi connectivity index (χ1) is 17.6. The molecule has 0 spiro atoms. The lowest BCUT2D eigenvalue weighted by molar-refractivity contribution is 0.244. The average Bonchev–Trinajstić information content (AvgIpc) is 3.39. The number of hydrogen-bond acceptors (Lipinski definition) is 5. The Morgan fingerprint density at radius 3 is 2.50 bits per heavy atom. The molecule has 2 amide bonds. The van der Waals surface area contributed by atoms with Crippen LogP contribution in [0.4, 0.5) is 10.5 Å². The normalized spacial score (nSPS) is 15.7. The Morgan fingerprint density at radius 2 is 1.78 bits per heavy atom. The maximum Gasteiger partial charge on any atom is 0.326 e. The van der Waals surface area contributed by atoms with Crippen molar-refractivity contribution in [1.82, 2.24) is 15.5 Å². The van der Waals surface area contributed by atoms with E-state index >= 15 is 0 Å². The molecule has 1 N–H and O–H groups in total. The van der Waals surface area contributed by atoms with Gasteiger partial charge >= 0.3 is 6.03 Å². The third-order valence-electron chi connectivity index (χ3n) is 6.27. The number of amides is 2. The van der Waals surface area contributed by atoms with Gasteiger partial charge in [-0.25, -0.2) is 4.79 Å². The van der Waals surface area contributed by atoms with Crippen LogP contribution in [-0.4, -0.2) is 22.8 Å². The Hall–Kier alpha value is -4.39. The van der Waals surface area contributed by atoms with E-state index in [0.717, 1.165) is 45.8 Å². The fourth-order valence-corrected chi connectivity index (χ4v) is 4.46. The summed E-state index contributed by atoms with van der Waals surface area (Å²) in [5.74, 6) is 1.62. The third-order valence-corrected chi connectivity index (χ3v) is 6.27. The first-order valence-electron chi connectivity index (χ1n) is 12.1. The minimum absolute atomic E-state index is 0.204. The van der Waals surface area contributed by atoms with Gasteiger partial charge in [-0.05, 0) is 67.8 Å². The summed E-state index contributed by atoms with van der Waals surface area (Å²) in [4.78, 5) is 19.8. The summed E-state index contributed by atoms with van der Waals surface area (Å²) in [6.07, 6.45) is 0.876. The van der Waals surface area contributed by atoms with Crippen molar-refractivity contribution in [2.75, 3.05) is 11.5 Å². The van der Waals surface area contributed by atoms with Crippen LogP contribution in [0.25, 0.3) is 17.0 Å². The largest absolute Gasteiger partial charge is 0.494 e. The Labute approximate surface area is 210 Å². The predicted octanol–water partition coefficient (Wildman–Crippen LogP) is 6.40. The summed E-state index contributed by atoms with van der Waals surface area (Å²) in [6.45, 7) is 6.56. The van der Waals surface area contributed by atoms with Crippen LogP contribution in [0.3, 0.4) is 0 Å². The van der Waals surface area contributed by atoms with Crippen LogP contribution in [0.15, 0.2) is 89.1 Å². The van der Waals surface area contributed by atoms with Crippen LogP contribution >= 0.6 is 0 Å². The van der Waals surface area contributed by atoms with E-state index in [0.29, 0.717) is 18.3 Å². The lowest BCUT2D eigenvalue weighted by atomic mass is 9.94. The maximum absolute atomic E-state index is 13.4. The van der Waals surface area contributed by atoms with Crippen molar-refractivity contribution in [2.45, 2.75) is 33.2 Å². The topological polar surface area (TPSA) is 80.5 Å². The van der Waals surface area contributed by atoms with Gasteiger partial charge in [-0.15, -0.1) is 0 Å². The minimum Gasteiger partial charge on any atom is -0.494 e. The Kier molecular flexibility index (Phi) is 6.54. The molecule has 0 radical (unpaired) electrons. The molecule has 1 aromatic heterocycles. The van der Waals surface area contributed by atoms with Gasteiger partial charge in [-0.2, -0.15) is 4.98 Å². The van der Waals surface area contributed by atoms with Gasteiger partial charge in [0.1, 0.15) is 5.75 Å². The van der Waals surface area contributed by atoms with E-state index in [9.17, 15) is 4.79 Å². The summed E-state index contributed by atoms with van der Waals surface area (Å²) in [6, 6.07) is 24.7. The number of rotatable bonds is 7. The molecule has 0 fully saturated rings. The van der Waals surface area contributed by atoms with Gasteiger partial charge < -0.3 is 14.6 Å².